The highest BCUT2D eigenvalue weighted by Crippen LogP contribution is 2.43. The summed E-state index contributed by atoms with van der Waals surface area (Å²) in [5.74, 6) is -2.38. The minimum atomic E-state index is -4.72. The van der Waals surface area contributed by atoms with Crippen LogP contribution in [-0.4, -0.2) is 59.9 Å². The second-order valence-corrected chi connectivity index (χ2v) is 18.1. The van der Waals surface area contributed by atoms with Gasteiger partial charge in [0.2, 0.25) is 0 Å². The first kappa shape index (κ1) is 58.0. The van der Waals surface area contributed by atoms with Crippen molar-refractivity contribution >= 4 is 25.7 Å². The number of carboxylic acid groups (broad SMARTS) is 1. The lowest BCUT2D eigenvalue weighted by atomic mass is 10.0. The van der Waals surface area contributed by atoms with Crippen LogP contribution in [-0.2, 0) is 37.5 Å². The molecule has 0 aromatic heterocycles. The number of phosphoric acid groups is 1. The fraction of sp³-hybridized carbons (Fsp3) is 0.854. The number of carboxylic acids is 1. The van der Waals surface area contributed by atoms with Crippen LogP contribution in [0.15, 0.2) is 24.3 Å². The molecule has 4 N–H and O–H groups in total. The zero-order valence-corrected chi connectivity index (χ0v) is 39.2. The first-order valence-corrected chi connectivity index (χ1v) is 25.9. The first-order valence-electron chi connectivity index (χ1n) is 24.4. The number of nitrogens with two attached hydrogens (primary N) is 1. The topological polar surface area (TPSA) is 172 Å². The van der Waals surface area contributed by atoms with Gasteiger partial charge in [-0.05, 0) is 38.5 Å². The largest absolute Gasteiger partial charge is 0.480 e. The second-order valence-electron chi connectivity index (χ2n) is 16.6. The highest BCUT2D eigenvalue weighted by Gasteiger charge is 2.28. The number of carbonyl (C=O) groups is 3. The molecule has 352 valence electrons. The number of esters is 2. The normalized spacial score (nSPS) is 13.8. The van der Waals surface area contributed by atoms with E-state index in [4.69, 9.17) is 24.8 Å². The minimum Gasteiger partial charge on any atom is -0.480 e. The predicted octanol–water partition coefficient (Wildman–Crippen LogP) is 13.4. The smallest absolute Gasteiger partial charge is 0.472 e. The Morgan fingerprint density at radius 1 is 0.517 bits per heavy atom. The van der Waals surface area contributed by atoms with Gasteiger partial charge in [0, 0.05) is 12.8 Å². The third-order valence-electron chi connectivity index (χ3n) is 10.7. The van der Waals surface area contributed by atoms with E-state index in [1.54, 1.807) is 0 Å². The number of ether oxygens (including phenoxy) is 2. The average molecular weight is 872 g/mol. The van der Waals surface area contributed by atoms with Gasteiger partial charge in [-0.15, -0.1) is 0 Å². The molecule has 0 aliphatic carbocycles. The van der Waals surface area contributed by atoms with Gasteiger partial charge in [-0.25, -0.2) is 4.57 Å². The maximum Gasteiger partial charge on any atom is 0.472 e. The van der Waals surface area contributed by atoms with Gasteiger partial charge >= 0.3 is 25.7 Å². The molecule has 0 amide bonds. The Labute approximate surface area is 366 Å². The van der Waals surface area contributed by atoms with E-state index in [0.717, 1.165) is 64.2 Å². The minimum absolute atomic E-state index is 0.163. The molecule has 11 nitrogen and oxygen atoms in total. The molecule has 0 aromatic rings. The van der Waals surface area contributed by atoms with E-state index in [-0.39, 0.29) is 19.4 Å². The van der Waals surface area contributed by atoms with Crippen LogP contribution in [0.25, 0.3) is 0 Å². The van der Waals surface area contributed by atoms with Crippen molar-refractivity contribution in [3.8, 4) is 0 Å². The number of phosphoric ester groups is 1. The van der Waals surface area contributed by atoms with Crippen LogP contribution in [0.1, 0.15) is 232 Å². The molecular weight excluding hydrogens is 781 g/mol. The molecule has 0 bridgehead atoms. The molecular formula is C48H90NO10P. The fourth-order valence-electron chi connectivity index (χ4n) is 6.85. The summed E-state index contributed by atoms with van der Waals surface area (Å²) in [5, 5.41) is 8.90. The Bertz CT molecular complexity index is 1120. The van der Waals surface area contributed by atoms with Crippen molar-refractivity contribution in [3.63, 3.8) is 0 Å². The quantitative estimate of drug-likeness (QED) is 0.0230. The predicted molar refractivity (Wildman–Crippen MR) is 245 cm³/mol. The number of hydrogen-bond donors (Lipinski definition) is 3. The molecule has 0 aliphatic rings. The number of rotatable bonds is 46. The van der Waals surface area contributed by atoms with Crippen molar-refractivity contribution in [2.75, 3.05) is 19.8 Å². The maximum absolute atomic E-state index is 12.7. The molecule has 0 aliphatic heterocycles. The summed E-state index contributed by atoms with van der Waals surface area (Å²) in [6.07, 6.45) is 46.7. The Morgan fingerprint density at radius 3 is 1.35 bits per heavy atom. The SMILES string of the molecule is CCCC/C=C/C/C=C/CCCCCCCC(=O)OC[C@@H](COP(=O)(O)OC[C@H](N)C(=O)O)OC(=O)CCCCCCCCCCCCCCCCCCCCCCCC. The zero-order chi connectivity index (χ0) is 44.2. The number of hydrogen-bond acceptors (Lipinski definition) is 9. The van der Waals surface area contributed by atoms with Crippen molar-refractivity contribution in [2.45, 2.75) is 244 Å². The summed E-state index contributed by atoms with van der Waals surface area (Å²) >= 11 is 0. The standard InChI is InChI=1S/C48H90NO10P/c1-3-5-7-9-11-13-15-17-19-20-21-22-23-24-25-26-28-30-32-34-36-38-40-47(51)59-44(42-57-60(54,55)58-43-45(49)48(52)53)41-56-46(50)39-37-35-33-31-29-27-18-16-14-12-10-8-6-4-2/h10,12,16,18,44-45H,3-9,11,13-15,17,19-43,49H2,1-2H3,(H,52,53)(H,54,55)/b12-10+,18-16+/t44-,45-/m0/s1. The van der Waals surface area contributed by atoms with E-state index in [0.29, 0.717) is 12.8 Å². The van der Waals surface area contributed by atoms with Gasteiger partial charge in [0.25, 0.3) is 0 Å². The molecule has 3 atom stereocenters. The Kier molecular flexibility index (Phi) is 42.1. The lowest BCUT2D eigenvalue weighted by Gasteiger charge is -2.20. The molecule has 0 saturated carbocycles. The van der Waals surface area contributed by atoms with E-state index >= 15 is 0 Å². The van der Waals surface area contributed by atoms with Gasteiger partial charge < -0.3 is 25.2 Å². The van der Waals surface area contributed by atoms with Crippen molar-refractivity contribution < 1.29 is 47.5 Å². The van der Waals surface area contributed by atoms with Crippen LogP contribution in [0, 0.1) is 0 Å². The Morgan fingerprint density at radius 2 is 0.900 bits per heavy atom. The summed E-state index contributed by atoms with van der Waals surface area (Å²) in [5.41, 5.74) is 5.34. The molecule has 12 heteroatoms. The number of allylic oxidation sites excluding steroid dienone is 4. The molecule has 0 aromatic carbocycles. The molecule has 0 saturated heterocycles. The molecule has 0 rings (SSSR count). The number of aliphatic carboxylic acids is 1. The molecule has 0 heterocycles. The summed E-state index contributed by atoms with van der Waals surface area (Å²) in [7, 11) is -4.72. The van der Waals surface area contributed by atoms with Gasteiger partial charge in [0.1, 0.15) is 12.6 Å². The third kappa shape index (κ3) is 42.6. The van der Waals surface area contributed by atoms with Crippen LogP contribution >= 0.6 is 7.82 Å². The van der Waals surface area contributed by atoms with Gasteiger partial charge in [0.15, 0.2) is 6.10 Å². The van der Waals surface area contributed by atoms with Crippen molar-refractivity contribution in [1.82, 2.24) is 0 Å². The zero-order valence-electron chi connectivity index (χ0n) is 38.3. The van der Waals surface area contributed by atoms with E-state index in [1.165, 1.54) is 128 Å². The fourth-order valence-corrected chi connectivity index (χ4v) is 7.63. The van der Waals surface area contributed by atoms with Gasteiger partial charge in [-0.3, -0.25) is 23.4 Å². The molecule has 0 spiro atoms. The van der Waals surface area contributed by atoms with E-state index in [1.807, 2.05) is 0 Å². The van der Waals surface area contributed by atoms with Crippen molar-refractivity contribution in [2.24, 2.45) is 5.73 Å². The van der Waals surface area contributed by atoms with Crippen molar-refractivity contribution in [1.29, 1.82) is 0 Å². The van der Waals surface area contributed by atoms with E-state index < -0.39 is 51.1 Å². The highest BCUT2D eigenvalue weighted by atomic mass is 31.2. The third-order valence-corrected chi connectivity index (χ3v) is 11.7. The monoisotopic (exact) mass is 872 g/mol. The lowest BCUT2D eigenvalue weighted by molar-refractivity contribution is -0.161. The maximum atomic E-state index is 12.7. The van der Waals surface area contributed by atoms with Crippen LogP contribution in [0.5, 0.6) is 0 Å². The Balaban J connectivity index is 4.22. The van der Waals surface area contributed by atoms with Gasteiger partial charge in [0.05, 0.1) is 13.2 Å². The first-order chi connectivity index (χ1) is 29.1. The summed E-state index contributed by atoms with van der Waals surface area (Å²) in [4.78, 5) is 46.1. The van der Waals surface area contributed by atoms with E-state index in [2.05, 4.69) is 42.7 Å². The lowest BCUT2D eigenvalue weighted by Crippen LogP contribution is -2.34. The van der Waals surface area contributed by atoms with E-state index in [9.17, 15) is 23.8 Å². The molecule has 60 heavy (non-hydrogen) atoms. The van der Waals surface area contributed by atoms with Crippen molar-refractivity contribution in [3.05, 3.63) is 24.3 Å². The second kappa shape index (κ2) is 43.6. The molecule has 0 fully saturated rings. The number of unbranched alkanes of at least 4 members (excludes halogenated alkanes) is 28. The molecule has 1 unspecified atom stereocenters. The summed E-state index contributed by atoms with van der Waals surface area (Å²) in [6.45, 7) is 2.78. The average Bonchev–Trinajstić information content (AvgIpc) is 3.22. The van der Waals surface area contributed by atoms with Crippen LogP contribution < -0.4 is 5.73 Å². The highest BCUT2D eigenvalue weighted by molar-refractivity contribution is 7.47. The summed E-state index contributed by atoms with van der Waals surface area (Å²) < 4.78 is 32.8. The van der Waals surface area contributed by atoms with Crippen LogP contribution in [0.3, 0.4) is 0 Å². The van der Waals surface area contributed by atoms with Gasteiger partial charge in [-0.2, -0.15) is 0 Å². The van der Waals surface area contributed by atoms with Gasteiger partial charge in [-0.1, -0.05) is 205 Å². The summed E-state index contributed by atoms with van der Waals surface area (Å²) in [6, 6.07) is -1.52. The van der Waals surface area contributed by atoms with Crippen LogP contribution in [0.4, 0.5) is 0 Å². The Hall–Kier alpha value is -2.04. The van der Waals surface area contributed by atoms with Crippen LogP contribution in [0.2, 0.25) is 0 Å². The molecule has 0 radical (unpaired) electrons. The number of carbonyl (C=O) groups excluding carboxylic acids is 2.